The third-order valence-electron chi connectivity index (χ3n) is 1.13. The zero-order chi connectivity index (χ0) is 9.90. The van der Waals surface area contributed by atoms with E-state index in [4.69, 9.17) is 0 Å². The normalized spacial score (nSPS) is 15.0. The predicted octanol–water partition coefficient (Wildman–Crippen LogP) is 2.62. The average molecular weight is 331 g/mol. The third kappa shape index (κ3) is 3.40. The van der Waals surface area contributed by atoms with Crippen molar-refractivity contribution >= 4 is 40.0 Å². The van der Waals surface area contributed by atoms with E-state index in [1.807, 2.05) is 0 Å². The van der Waals surface area contributed by atoms with E-state index in [0.717, 1.165) is 0 Å². The number of para-hydroxylation sites is 1. The van der Waals surface area contributed by atoms with Crippen molar-refractivity contribution in [1.29, 1.82) is 0 Å². The van der Waals surface area contributed by atoms with E-state index in [1.165, 1.54) is 6.07 Å². The number of hydrogen-bond donors (Lipinski definition) is 0. The number of phosphoric ester groups is 1. The van der Waals surface area contributed by atoms with Gasteiger partial charge in [-0.25, -0.2) is 3.62 Å². The zero-order valence-corrected chi connectivity index (χ0v) is 10.2. The van der Waals surface area contributed by atoms with Crippen molar-refractivity contribution in [2.24, 2.45) is 0 Å². The van der Waals surface area contributed by atoms with Gasteiger partial charge in [0.15, 0.2) is 0 Å². The fourth-order valence-corrected chi connectivity index (χ4v) is 1.75. The molecule has 0 saturated heterocycles. The summed E-state index contributed by atoms with van der Waals surface area (Å²) in [6.07, 6.45) is 0. The van der Waals surface area contributed by atoms with Gasteiger partial charge >= 0.3 is 7.82 Å². The maximum atomic E-state index is 10.8. The van der Waals surface area contributed by atoms with E-state index in [-0.39, 0.29) is 5.75 Å². The number of rotatable bonds is 3. The molecule has 0 bridgehead atoms. The van der Waals surface area contributed by atoms with Crippen molar-refractivity contribution in [2.75, 3.05) is 0 Å². The van der Waals surface area contributed by atoms with E-state index in [0.29, 0.717) is 4.47 Å². The van der Waals surface area contributed by atoms with E-state index >= 15 is 0 Å². The van der Waals surface area contributed by atoms with Gasteiger partial charge in [-0.1, -0.05) is 12.1 Å². The summed E-state index contributed by atoms with van der Waals surface area (Å²) in [5.74, 6) is 0.181. The Morgan fingerprint density at radius 1 is 1.38 bits per heavy atom. The Morgan fingerprint density at radius 3 is 2.54 bits per heavy atom. The van der Waals surface area contributed by atoms with Crippen LogP contribution in [0.4, 0.5) is 0 Å². The minimum atomic E-state index is -4.29. The first kappa shape index (κ1) is 11.2. The Balaban J connectivity index is 2.86. The lowest BCUT2D eigenvalue weighted by atomic mass is 10.3. The number of halogens is 2. The van der Waals surface area contributed by atoms with Crippen LogP contribution in [0.2, 0.25) is 0 Å². The maximum Gasteiger partial charge on any atom is 0.331 e. The predicted molar refractivity (Wildman–Crippen MR) is 52.4 cm³/mol. The van der Waals surface area contributed by atoms with Gasteiger partial charge in [0.25, 0.3) is 0 Å². The Labute approximate surface area is 92.1 Å². The Hall–Kier alpha value is 0.130. The average Bonchev–Trinajstić information content (AvgIpc) is 2.09. The molecule has 72 valence electrons. The highest BCUT2D eigenvalue weighted by Crippen LogP contribution is 2.43. The molecule has 0 aliphatic rings. The molecule has 0 aliphatic heterocycles. The quantitative estimate of drug-likeness (QED) is 0.799. The highest BCUT2D eigenvalue weighted by atomic mass is 79.9. The minimum Gasteiger partial charge on any atom is -0.745 e. The van der Waals surface area contributed by atoms with Gasteiger partial charge in [0, 0.05) is 0 Å². The molecule has 7 heteroatoms. The highest BCUT2D eigenvalue weighted by molar-refractivity contribution is 9.10. The maximum absolute atomic E-state index is 10.8. The van der Waals surface area contributed by atoms with Crippen LogP contribution in [0.15, 0.2) is 28.7 Å². The molecule has 4 nitrogen and oxygen atoms in total. The van der Waals surface area contributed by atoms with Crippen LogP contribution in [0, 0.1) is 0 Å². The molecule has 1 rings (SSSR count). The first-order valence-electron chi connectivity index (χ1n) is 3.11. The number of phosphoric acid groups is 1. The van der Waals surface area contributed by atoms with E-state index in [1.54, 1.807) is 18.2 Å². The molecular weight excluding hydrogens is 327 g/mol. The summed E-state index contributed by atoms with van der Waals surface area (Å²) in [7, 11) is -4.29. The van der Waals surface area contributed by atoms with Crippen molar-refractivity contribution in [3.8, 4) is 5.75 Å². The molecule has 0 fully saturated rings. The van der Waals surface area contributed by atoms with Crippen molar-refractivity contribution < 1.29 is 17.6 Å². The summed E-state index contributed by atoms with van der Waals surface area (Å²) in [6.45, 7) is 0. The zero-order valence-electron chi connectivity index (χ0n) is 6.15. The fourth-order valence-electron chi connectivity index (χ4n) is 0.653. The lowest BCUT2D eigenvalue weighted by molar-refractivity contribution is -0.206. The molecule has 0 radical (unpaired) electrons. The van der Waals surface area contributed by atoms with Crippen molar-refractivity contribution in [1.82, 2.24) is 0 Å². The second-order valence-electron chi connectivity index (χ2n) is 2.04. The van der Waals surface area contributed by atoms with Crippen LogP contribution in [0.1, 0.15) is 0 Å². The van der Waals surface area contributed by atoms with Crippen molar-refractivity contribution in [3.05, 3.63) is 28.7 Å². The van der Waals surface area contributed by atoms with Gasteiger partial charge in [0.05, 0.1) is 4.47 Å². The summed E-state index contributed by atoms with van der Waals surface area (Å²) in [5.41, 5.74) is 0. The molecule has 0 aliphatic carbocycles. The van der Waals surface area contributed by atoms with E-state index < -0.39 is 7.82 Å². The van der Waals surface area contributed by atoms with Gasteiger partial charge in [-0.05, 0) is 28.1 Å². The van der Waals surface area contributed by atoms with Gasteiger partial charge < -0.3 is 9.42 Å². The smallest absolute Gasteiger partial charge is 0.331 e. The van der Waals surface area contributed by atoms with Gasteiger partial charge in [0.1, 0.15) is 22.0 Å². The van der Waals surface area contributed by atoms with E-state index in [9.17, 15) is 9.46 Å². The fraction of sp³-hybridized carbons (Fsp3) is 0. The van der Waals surface area contributed by atoms with Crippen LogP contribution in [0.25, 0.3) is 0 Å². The molecule has 0 spiro atoms. The Kier molecular flexibility index (Phi) is 3.94. The van der Waals surface area contributed by atoms with Crippen molar-refractivity contribution in [2.45, 2.75) is 0 Å². The lowest BCUT2D eigenvalue weighted by Gasteiger charge is -2.19. The number of hydrogen-bond acceptors (Lipinski definition) is 4. The molecular formula is C6H4Br2O4P-. The molecule has 0 amide bonds. The molecule has 0 N–H and O–H groups in total. The second-order valence-corrected chi connectivity index (χ2v) is 4.98. The lowest BCUT2D eigenvalue weighted by Crippen LogP contribution is -2.06. The van der Waals surface area contributed by atoms with Crippen LogP contribution >= 0.6 is 40.0 Å². The van der Waals surface area contributed by atoms with Gasteiger partial charge in [-0.2, -0.15) is 0 Å². The van der Waals surface area contributed by atoms with Crippen LogP contribution in [-0.2, 0) is 8.18 Å². The van der Waals surface area contributed by atoms with Crippen molar-refractivity contribution in [3.63, 3.8) is 0 Å². The SMILES string of the molecule is O=P([O-])(OBr)Oc1ccccc1Br. The Bertz CT molecular complexity index is 343. The van der Waals surface area contributed by atoms with Gasteiger partial charge in [-0.15, -0.1) is 0 Å². The second kappa shape index (κ2) is 4.57. The standard InChI is InChI=1S/C6H5Br2O4P/c7-5-3-1-2-4-6(5)11-13(9,10)12-8/h1-4H,(H,9,10)/p-1. The first-order chi connectivity index (χ1) is 6.05. The molecule has 0 aromatic heterocycles. The van der Waals surface area contributed by atoms with Crippen LogP contribution in [0.3, 0.4) is 0 Å². The van der Waals surface area contributed by atoms with Crippen LogP contribution in [-0.4, -0.2) is 0 Å². The van der Waals surface area contributed by atoms with Gasteiger partial charge in [-0.3, -0.25) is 4.57 Å². The monoisotopic (exact) mass is 329 g/mol. The molecule has 0 heterocycles. The van der Waals surface area contributed by atoms with E-state index in [2.05, 4.69) is 40.3 Å². The summed E-state index contributed by atoms with van der Waals surface area (Å²) in [6, 6.07) is 6.54. The Morgan fingerprint density at radius 2 is 2.00 bits per heavy atom. The van der Waals surface area contributed by atoms with Crippen LogP contribution < -0.4 is 9.42 Å². The molecule has 1 aromatic rings. The summed E-state index contributed by atoms with van der Waals surface area (Å²) in [5, 5.41) is 0. The first-order valence-corrected chi connectivity index (χ1v) is 6.01. The summed E-state index contributed by atoms with van der Waals surface area (Å²) < 4.78 is 19.9. The molecule has 13 heavy (non-hydrogen) atoms. The summed E-state index contributed by atoms with van der Waals surface area (Å²) >= 11 is 5.46. The third-order valence-corrected chi connectivity index (χ3v) is 3.44. The molecule has 1 aromatic carbocycles. The minimum absolute atomic E-state index is 0.181. The molecule has 0 saturated carbocycles. The number of benzene rings is 1. The molecule has 1 atom stereocenters. The molecule has 1 unspecified atom stereocenters. The van der Waals surface area contributed by atoms with Gasteiger partial charge in [0.2, 0.25) is 0 Å². The topological polar surface area (TPSA) is 58.6 Å². The van der Waals surface area contributed by atoms with Crippen LogP contribution in [0.5, 0.6) is 5.75 Å². The largest absolute Gasteiger partial charge is 0.745 e. The highest BCUT2D eigenvalue weighted by Gasteiger charge is 2.11. The summed E-state index contributed by atoms with van der Waals surface area (Å²) in [4.78, 5) is 10.8.